The van der Waals surface area contributed by atoms with Crippen LogP contribution in [0, 0.1) is 6.92 Å². The van der Waals surface area contributed by atoms with E-state index >= 15 is 0 Å². The molecular weight excluding hydrogens is 218 g/mol. The van der Waals surface area contributed by atoms with Crippen molar-refractivity contribution in [3.63, 3.8) is 0 Å². The molecule has 2 N–H and O–H groups in total. The Bertz CT molecular complexity index is 520. The van der Waals surface area contributed by atoms with Crippen LogP contribution < -0.4 is 5.32 Å². The Balaban J connectivity index is 2.37. The first-order valence-electron chi connectivity index (χ1n) is 5.58. The van der Waals surface area contributed by atoms with Crippen molar-refractivity contribution in [3.8, 4) is 0 Å². The lowest BCUT2D eigenvalue weighted by molar-refractivity contribution is 0.260. The fourth-order valence-electron chi connectivity index (χ4n) is 1.71. The van der Waals surface area contributed by atoms with Crippen molar-refractivity contribution >= 4 is 11.6 Å². The summed E-state index contributed by atoms with van der Waals surface area (Å²) in [6, 6.07) is 1.92. The second-order valence-electron chi connectivity index (χ2n) is 4.74. The number of nitrogens with one attached hydrogen (secondary N) is 1. The fourth-order valence-corrected chi connectivity index (χ4v) is 1.71. The van der Waals surface area contributed by atoms with E-state index in [1.54, 1.807) is 4.52 Å². The van der Waals surface area contributed by atoms with Gasteiger partial charge in [-0.05, 0) is 27.2 Å². The standard InChI is InChI=1S/C11H17N5O/c1-8-6-9(15-11(2,3)4-5-17)16-10(14-8)12-7-13-16/h6-7,15,17H,4-5H2,1-3H3. The fraction of sp³-hybridized carbons (Fsp3) is 0.545. The molecule has 0 amide bonds. The van der Waals surface area contributed by atoms with Gasteiger partial charge in [0, 0.05) is 23.9 Å². The first kappa shape index (κ1) is 11.8. The van der Waals surface area contributed by atoms with E-state index in [0.717, 1.165) is 11.5 Å². The molecule has 92 valence electrons. The third-order valence-electron chi connectivity index (χ3n) is 2.58. The van der Waals surface area contributed by atoms with Crippen molar-refractivity contribution in [2.75, 3.05) is 11.9 Å². The van der Waals surface area contributed by atoms with Crippen LogP contribution in [0.15, 0.2) is 12.4 Å². The second-order valence-corrected chi connectivity index (χ2v) is 4.74. The maximum absolute atomic E-state index is 9.02. The summed E-state index contributed by atoms with van der Waals surface area (Å²) in [7, 11) is 0. The molecule has 2 rings (SSSR count). The van der Waals surface area contributed by atoms with Crippen LogP contribution in [-0.2, 0) is 0 Å². The van der Waals surface area contributed by atoms with Crippen LogP contribution in [-0.4, -0.2) is 36.8 Å². The van der Waals surface area contributed by atoms with Crippen LogP contribution in [0.4, 0.5) is 5.82 Å². The number of hydrogen-bond donors (Lipinski definition) is 2. The zero-order valence-electron chi connectivity index (χ0n) is 10.3. The molecule has 0 unspecified atom stereocenters. The summed E-state index contributed by atoms with van der Waals surface area (Å²) in [6.45, 7) is 6.12. The van der Waals surface area contributed by atoms with Crippen LogP contribution in [0.1, 0.15) is 26.0 Å². The number of anilines is 1. The molecule has 0 saturated heterocycles. The van der Waals surface area contributed by atoms with Gasteiger partial charge in [-0.3, -0.25) is 0 Å². The molecule has 2 aromatic heterocycles. The minimum atomic E-state index is -0.207. The number of nitrogens with zero attached hydrogens (tertiary/aromatic N) is 4. The van der Waals surface area contributed by atoms with Gasteiger partial charge in [-0.15, -0.1) is 0 Å². The quantitative estimate of drug-likeness (QED) is 0.827. The lowest BCUT2D eigenvalue weighted by Crippen LogP contribution is -2.33. The van der Waals surface area contributed by atoms with Gasteiger partial charge in [0.25, 0.3) is 5.78 Å². The SMILES string of the molecule is Cc1cc(NC(C)(C)CCO)n2ncnc2n1. The highest BCUT2D eigenvalue weighted by molar-refractivity contribution is 5.46. The number of aliphatic hydroxyl groups is 1. The van der Waals surface area contributed by atoms with Gasteiger partial charge in [-0.25, -0.2) is 4.98 Å². The third kappa shape index (κ3) is 2.52. The van der Waals surface area contributed by atoms with Gasteiger partial charge in [0.2, 0.25) is 0 Å². The number of aromatic nitrogens is 4. The van der Waals surface area contributed by atoms with Gasteiger partial charge in [0.1, 0.15) is 12.1 Å². The van der Waals surface area contributed by atoms with Gasteiger partial charge >= 0.3 is 0 Å². The lowest BCUT2D eigenvalue weighted by Gasteiger charge is -2.26. The van der Waals surface area contributed by atoms with Gasteiger partial charge in [0.15, 0.2) is 0 Å². The zero-order chi connectivity index (χ0) is 12.5. The minimum Gasteiger partial charge on any atom is -0.396 e. The number of rotatable bonds is 4. The Kier molecular flexibility index (Phi) is 2.97. The lowest BCUT2D eigenvalue weighted by atomic mass is 10.0. The zero-order valence-corrected chi connectivity index (χ0v) is 10.3. The van der Waals surface area contributed by atoms with E-state index in [2.05, 4.69) is 20.4 Å². The Morgan fingerprint density at radius 3 is 2.94 bits per heavy atom. The molecule has 17 heavy (non-hydrogen) atoms. The number of hydrogen-bond acceptors (Lipinski definition) is 5. The predicted molar refractivity (Wildman–Crippen MR) is 64.9 cm³/mol. The van der Waals surface area contributed by atoms with E-state index in [1.165, 1.54) is 6.33 Å². The summed E-state index contributed by atoms with van der Waals surface area (Å²) in [6.07, 6.45) is 2.14. The topological polar surface area (TPSA) is 75.3 Å². The largest absolute Gasteiger partial charge is 0.396 e. The number of aliphatic hydroxyl groups excluding tert-OH is 1. The molecule has 0 saturated carbocycles. The first-order chi connectivity index (χ1) is 8.02. The Morgan fingerprint density at radius 1 is 1.47 bits per heavy atom. The van der Waals surface area contributed by atoms with E-state index in [-0.39, 0.29) is 12.1 Å². The summed E-state index contributed by atoms with van der Waals surface area (Å²) in [5.74, 6) is 1.41. The maximum Gasteiger partial charge on any atom is 0.254 e. The Labute approximate surface area is 99.7 Å². The van der Waals surface area contributed by atoms with E-state index in [4.69, 9.17) is 5.11 Å². The number of fused-ring (bicyclic) bond motifs is 1. The molecule has 0 atom stereocenters. The van der Waals surface area contributed by atoms with Crippen LogP contribution >= 0.6 is 0 Å². The van der Waals surface area contributed by atoms with Crippen LogP contribution in [0.3, 0.4) is 0 Å². The average Bonchev–Trinajstić information content (AvgIpc) is 2.64. The van der Waals surface area contributed by atoms with Gasteiger partial charge < -0.3 is 10.4 Å². The summed E-state index contributed by atoms with van der Waals surface area (Å²) < 4.78 is 1.66. The van der Waals surface area contributed by atoms with Gasteiger partial charge in [-0.2, -0.15) is 14.6 Å². The van der Waals surface area contributed by atoms with Crippen molar-refractivity contribution < 1.29 is 5.11 Å². The monoisotopic (exact) mass is 235 g/mol. The molecule has 0 aliphatic heterocycles. The third-order valence-corrected chi connectivity index (χ3v) is 2.58. The van der Waals surface area contributed by atoms with Crippen LogP contribution in [0.5, 0.6) is 0 Å². The molecule has 2 heterocycles. The normalized spacial score (nSPS) is 12.0. The van der Waals surface area contributed by atoms with E-state index in [0.29, 0.717) is 12.2 Å². The first-order valence-corrected chi connectivity index (χ1v) is 5.58. The molecule has 0 fully saturated rings. The molecular formula is C11H17N5O. The molecule has 0 aromatic carbocycles. The summed E-state index contributed by atoms with van der Waals surface area (Å²) in [5.41, 5.74) is 0.675. The summed E-state index contributed by atoms with van der Waals surface area (Å²) in [5, 5.41) is 16.5. The second kappa shape index (κ2) is 4.29. The smallest absolute Gasteiger partial charge is 0.254 e. The van der Waals surface area contributed by atoms with Crippen molar-refractivity contribution in [2.24, 2.45) is 0 Å². The summed E-state index contributed by atoms with van der Waals surface area (Å²) in [4.78, 5) is 8.34. The molecule has 6 heteroatoms. The van der Waals surface area contributed by atoms with E-state index in [9.17, 15) is 0 Å². The molecule has 2 aromatic rings. The summed E-state index contributed by atoms with van der Waals surface area (Å²) >= 11 is 0. The molecule has 6 nitrogen and oxygen atoms in total. The van der Waals surface area contributed by atoms with Crippen LogP contribution in [0.25, 0.3) is 5.78 Å². The van der Waals surface area contributed by atoms with Crippen molar-refractivity contribution in [1.82, 2.24) is 19.6 Å². The predicted octanol–water partition coefficient (Wildman–Crippen LogP) is 1.01. The molecule has 0 spiro atoms. The van der Waals surface area contributed by atoms with E-state index in [1.807, 2.05) is 26.8 Å². The molecule has 0 aliphatic rings. The molecule has 0 bridgehead atoms. The Morgan fingerprint density at radius 2 is 2.24 bits per heavy atom. The average molecular weight is 235 g/mol. The maximum atomic E-state index is 9.02. The highest BCUT2D eigenvalue weighted by atomic mass is 16.3. The van der Waals surface area contributed by atoms with Crippen molar-refractivity contribution in [3.05, 3.63) is 18.1 Å². The highest BCUT2D eigenvalue weighted by Crippen LogP contribution is 2.18. The highest BCUT2D eigenvalue weighted by Gasteiger charge is 2.18. The molecule has 0 radical (unpaired) electrons. The minimum absolute atomic E-state index is 0.143. The van der Waals surface area contributed by atoms with E-state index < -0.39 is 0 Å². The Hall–Kier alpha value is -1.69. The number of aryl methyl sites for hydroxylation is 1. The van der Waals surface area contributed by atoms with Crippen molar-refractivity contribution in [2.45, 2.75) is 32.7 Å². The van der Waals surface area contributed by atoms with Crippen molar-refractivity contribution in [1.29, 1.82) is 0 Å². The van der Waals surface area contributed by atoms with Gasteiger partial charge in [0.05, 0.1) is 0 Å². The molecule has 0 aliphatic carbocycles. The van der Waals surface area contributed by atoms with Crippen LogP contribution in [0.2, 0.25) is 0 Å². The van der Waals surface area contributed by atoms with Gasteiger partial charge in [-0.1, -0.05) is 0 Å².